The van der Waals surface area contributed by atoms with E-state index < -0.39 is 0 Å². The minimum absolute atomic E-state index is 0.310. The summed E-state index contributed by atoms with van der Waals surface area (Å²) < 4.78 is 17.8. The van der Waals surface area contributed by atoms with Crippen LogP contribution in [0.1, 0.15) is 63.3 Å². The van der Waals surface area contributed by atoms with Gasteiger partial charge in [0.15, 0.2) is 0 Å². The molecule has 0 N–H and O–H groups in total. The van der Waals surface area contributed by atoms with Crippen LogP contribution >= 0.6 is 0 Å². The molecule has 2 aromatic rings. The lowest BCUT2D eigenvalue weighted by Crippen LogP contribution is -2.46. The molecule has 1 fully saturated rings. The second-order valence-corrected chi connectivity index (χ2v) is 10.5. The van der Waals surface area contributed by atoms with Crippen LogP contribution in [0.15, 0.2) is 42.0 Å². The van der Waals surface area contributed by atoms with Crippen molar-refractivity contribution in [3.8, 4) is 11.5 Å². The molecular formula is C30H41NO3. The van der Waals surface area contributed by atoms with E-state index in [9.17, 15) is 0 Å². The average molecular weight is 464 g/mol. The van der Waals surface area contributed by atoms with E-state index in [0.29, 0.717) is 24.7 Å². The van der Waals surface area contributed by atoms with Crippen molar-refractivity contribution in [2.75, 3.05) is 26.7 Å². The Morgan fingerprint density at radius 3 is 2.50 bits per heavy atom. The first-order valence-electron chi connectivity index (χ1n) is 12.8. The fourth-order valence-corrected chi connectivity index (χ4v) is 5.44. The lowest BCUT2D eigenvalue weighted by molar-refractivity contribution is -0.0654. The van der Waals surface area contributed by atoms with Gasteiger partial charge in [0.2, 0.25) is 0 Å². The molecular weight excluding hydrogens is 422 g/mol. The van der Waals surface area contributed by atoms with Crippen molar-refractivity contribution in [2.45, 2.75) is 72.7 Å². The van der Waals surface area contributed by atoms with Gasteiger partial charge in [-0.3, -0.25) is 4.90 Å². The van der Waals surface area contributed by atoms with Crippen molar-refractivity contribution in [1.82, 2.24) is 4.90 Å². The molecule has 4 nitrogen and oxygen atoms in total. The maximum Gasteiger partial charge on any atom is 0.125 e. The molecule has 184 valence electrons. The number of aryl methyl sites for hydroxylation is 1. The lowest BCUT2D eigenvalue weighted by Gasteiger charge is -2.36. The zero-order valence-corrected chi connectivity index (χ0v) is 21.8. The number of ether oxygens (including phenoxy) is 3. The van der Waals surface area contributed by atoms with E-state index in [1.807, 2.05) is 0 Å². The summed E-state index contributed by atoms with van der Waals surface area (Å²) in [5.74, 6) is 2.46. The number of hydrogen-bond donors (Lipinski definition) is 0. The third-order valence-corrected chi connectivity index (χ3v) is 7.01. The summed E-state index contributed by atoms with van der Waals surface area (Å²) in [5, 5.41) is 0. The maximum atomic E-state index is 6.21. The van der Waals surface area contributed by atoms with Gasteiger partial charge < -0.3 is 14.2 Å². The molecule has 1 saturated heterocycles. The minimum atomic E-state index is 0.310. The summed E-state index contributed by atoms with van der Waals surface area (Å²) in [5.41, 5.74) is 8.15. The van der Waals surface area contributed by atoms with Gasteiger partial charge in [-0.1, -0.05) is 37.6 Å². The van der Waals surface area contributed by atoms with Crippen molar-refractivity contribution in [1.29, 1.82) is 0 Å². The molecule has 0 aromatic heterocycles. The standard InChI is InChI=1S/C30H41NO3/c1-20(2)13-24-7-8-27(30(14-24)32-6)19-33-28-11-12-29-23(5)26(10-9-25(29)15-28)18-31-16-21(3)34-22(4)17-31/h7-8,11-12,14-15,20-22H,9-10,13,16-19H2,1-6H3/t21-,22+. The monoisotopic (exact) mass is 463 g/mol. The van der Waals surface area contributed by atoms with Crippen molar-refractivity contribution >= 4 is 5.57 Å². The largest absolute Gasteiger partial charge is 0.496 e. The molecule has 0 saturated carbocycles. The topological polar surface area (TPSA) is 30.9 Å². The zero-order valence-electron chi connectivity index (χ0n) is 21.8. The Kier molecular flexibility index (Phi) is 8.00. The molecule has 0 spiro atoms. The molecule has 34 heavy (non-hydrogen) atoms. The molecule has 1 aliphatic carbocycles. The van der Waals surface area contributed by atoms with Crippen LogP contribution in [0.3, 0.4) is 0 Å². The van der Waals surface area contributed by atoms with Crippen molar-refractivity contribution in [3.63, 3.8) is 0 Å². The predicted molar refractivity (Wildman–Crippen MR) is 140 cm³/mol. The van der Waals surface area contributed by atoms with E-state index in [1.165, 1.54) is 22.3 Å². The molecule has 0 amide bonds. The molecule has 4 heteroatoms. The fourth-order valence-electron chi connectivity index (χ4n) is 5.44. The van der Waals surface area contributed by atoms with Crippen LogP contribution in [0.4, 0.5) is 0 Å². The van der Waals surface area contributed by atoms with Crippen LogP contribution < -0.4 is 9.47 Å². The van der Waals surface area contributed by atoms with Crippen LogP contribution in [0, 0.1) is 5.92 Å². The van der Waals surface area contributed by atoms with Gasteiger partial charge in [0, 0.05) is 25.2 Å². The second-order valence-electron chi connectivity index (χ2n) is 10.5. The molecule has 0 bridgehead atoms. The maximum absolute atomic E-state index is 6.21. The van der Waals surface area contributed by atoms with Crippen LogP contribution in [0.25, 0.3) is 5.57 Å². The summed E-state index contributed by atoms with van der Waals surface area (Å²) in [6.07, 6.45) is 3.87. The molecule has 2 atom stereocenters. The third-order valence-electron chi connectivity index (χ3n) is 7.01. The van der Waals surface area contributed by atoms with Crippen LogP contribution in [-0.4, -0.2) is 43.9 Å². The number of hydrogen-bond acceptors (Lipinski definition) is 4. The summed E-state index contributed by atoms with van der Waals surface area (Å²) in [4.78, 5) is 2.56. The normalized spacial score (nSPS) is 21.0. The van der Waals surface area contributed by atoms with Gasteiger partial charge in [-0.25, -0.2) is 0 Å². The van der Waals surface area contributed by atoms with Gasteiger partial charge in [0.25, 0.3) is 0 Å². The smallest absolute Gasteiger partial charge is 0.125 e. The Balaban J connectivity index is 1.43. The second kappa shape index (κ2) is 11.0. The number of methoxy groups -OCH3 is 1. The Morgan fingerprint density at radius 1 is 1.03 bits per heavy atom. The van der Waals surface area contributed by atoms with E-state index in [4.69, 9.17) is 14.2 Å². The van der Waals surface area contributed by atoms with Crippen LogP contribution in [-0.2, 0) is 24.2 Å². The highest BCUT2D eigenvalue weighted by Crippen LogP contribution is 2.34. The van der Waals surface area contributed by atoms with Gasteiger partial charge in [0.1, 0.15) is 18.1 Å². The molecule has 0 radical (unpaired) electrons. The molecule has 2 aliphatic rings. The lowest BCUT2D eigenvalue weighted by atomic mass is 9.86. The number of rotatable bonds is 8. The number of fused-ring (bicyclic) bond motifs is 1. The Bertz CT molecular complexity index is 1020. The summed E-state index contributed by atoms with van der Waals surface area (Å²) in [7, 11) is 1.74. The number of nitrogens with zero attached hydrogens (tertiary/aromatic N) is 1. The number of benzene rings is 2. The molecule has 2 aromatic carbocycles. The molecule has 4 rings (SSSR count). The van der Waals surface area contributed by atoms with Crippen LogP contribution in [0.5, 0.6) is 11.5 Å². The fraction of sp³-hybridized carbons (Fsp3) is 0.533. The first-order valence-corrected chi connectivity index (χ1v) is 12.8. The van der Waals surface area contributed by atoms with Gasteiger partial charge in [0.05, 0.1) is 19.3 Å². The molecule has 1 aliphatic heterocycles. The summed E-state index contributed by atoms with van der Waals surface area (Å²) >= 11 is 0. The summed E-state index contributed by atoms with van der Waals surface area (Å²) in [6, 6.07) is 13.1. The van der Waals surface area contributed by atoms with E-state index in [1.54, 1.807) is 12.7 Å². The Labute approximate surface area is 205 Å². The predicted octanol–water partition coefficient (Wildman–Crippen LogP) is 6.30. The SMILES string of the molecule is COc1cc(CC(C)C)ccc1COc1ccc2c(c1)CCC(CN1C[C@@H](C)O[C@@H](C)C1)=C2C. The van der Waals surface area contributed by atoms with Crippen LogP contribution in [0.2, 0.25) is 0 Å². The van der Waals surface area contributed by atoms with E-state index in [2.05, 4.69) is 75.9 Å². The van der Waals surface area contributed by atoms with E-state index in [-0.39, 0.29) is 0 Å². The molecule has 1 heterocycles. The minimum Gasteiger partial charge on any atom is -0.496 e. The number of allylic oxidation sites excluding steroid dienone is 1. The van der Waals surface area contributed by atoms with Gasteiger partial charge in [-0.15, -0.1) is 0 Å². The quantitative estimate of drug-likeness (QED) is 0.460. The van der Waals surface area contributed by atoms with E-state index >= 15 is 0 Å². The van der Waals surface area contributed by atoms with Crippen molar-refractivity contribution in [2.24, 2.45) is 5.92 Å². The first-order chi connectivity index (χ1) is 16.3. The zero-order chi connectivity index (χ0) is 24.2. The Morgan fingerprint density at radius 2 is 1.79 bits per heavy atom. The van der Waals surface area contributed by atoms with Crippen molar-refractivity contribution in [3.05, 3.63) is 64.2 Å². The van der Waals surface area contributed by atoms with Gasteiger partial charge in [-0.2, -0.15) is 0 Å². The van der Waals surface area contributed by atoms with Crippen molar-refractivity contribution < 1.29 is 14.2 Å². The summed E-state index contributed by atoms with van der Waals surface area (Å²) in [6.45, 7) is 14.7. The van der Waals surface area contributed by atoms with Gasteiger partial charge >= 0.3 is 0 Å². The third kappa shape index (κ3) is 6.03. The highest BCUT2D eigenvalue weighted by Gasteiger charge is 2.25. The Hall–Kier alpha value is -2.30. The van der Waals surface area contributed by atoms with E-state index in [0.717, 1.165) is 56.0 Å². The highest BCUT2D eigenvalue weighted by atomic mass is 16.5. The number of morpholine rings is 1. The highest BCUT2D eigenvalue weighted by molar-refractivity contribution is 5.72. The average Bonchev–Trinajstić information content (AvgIpc) is 2.79. The first kappa shape index (κ1) is 24.8. The van der Waals surface area contributed by atoms with Gasteiger partial charge in [-0.05, 0) is 86.4 Å². The molecule has 0 unspecified atom stereocenters.